The third-order valence-corrected chi connectivity index (χ3v) is 3.61. The summed E-state index contributed by atoms with van der Waals surface area (Å²) in [5.74, 6) is -0.416. The van der Waals surface area contributed by atoms with E-state index in [1.165, 1.54) is 0 Å². The second-order valence-electron chi connectivity index (χ2n) is 5.46. The SMILES string of the molecule is CCCC/C(=C\[C@@H](O)C(=O)Nc1ccccc1)c1ccccc1. The Bertz CT molecular complexity index is 635. The number of carbonyl (C=O) groups excluding carboxylic acids is 1. The molecular formula is C20H23NO2. The molecule has 2 rings (SSSR count). The quantitative estimate of drug-likeness (QED) is 0.803. The molecular weight excluding hydrogens is 286 g/mol. The molecule has 0 heterocycles. The summed E-state index contributed by atoms with van der Waals surface area (Å²) in [7, 11) is 0. The Morgan fingerprint density at radius 2 is 1.70 bits per heavy atom. The van der Waals surface area contributed by atoms with Crippen LogP contribution in [-0.4, -0.2) is 17.1 Å². The summed E-state index contributed by atoms with van der Waals surface area (Å²) in [6.07, 6.45) is 3.42. The van der Waals surface area contributed by atoms with Crippen molar-refractivity contribution in [1.29, 1.82) is 0 Å². The van der Waals surface area contributed by atoms with E-state index < -0.39 is 12.0 Å². The van der Waals surface area contributed by atoms with Crippen molar-refractivity contribution in [3.05, 3.63) is 72.3 Å². The molecule has 0 saturated heterocycles. The Morgan fingerprint density at radius 1 is 1.09 bits per heavy atom. The van der Waals surface area contributed by atoms with Crippen LogP contribution >= 0.6 is 0 Å². The van der Waals surface area contributed by atoms with Crippen LogP contribution in [0.25, 0.3) is 5.57 Å². The fraction of sp³-hybridized carbons (Fsp3) is 0.250. The largest absolute Gasteiger partial charge is 0.379 e. The Morgan fingerprint density at radius 3 is 2.30 bits per heavy atom. The second-order valence-corrected chi connectivity index (χ2v) is 5.46. The van der Waals surface area contributed by atoms with Gasteiger partial charge in [-0.2, -0.15) is 0 Å². The van der Waals surface area contributed by atoms with Gasteiger partial charge in [-0.1, -0.05) is 61.9 Å². The lowest BCUT2D eigenvalue weighted by molar-refractivity contribution is -0.121. The molecule has 2 N–H and O–H groups in total. The number of benzene rings is 2. The fourth-order valence-corrected chi connectivity index (χ4v) is 2.35. The van der Waals surface area contributed by atoms with Crippen LogP contribution in [-0.2, 0) is 4.79 Å². The van der Waals surface area contributed by atoms with Crippen molar-refractivity contribution >= 4 is 17.2 Å². The highest BCUT2D eigenvalue weighted by atomic mass is 16.3. The van der Waals surface area contributed by atoms with Gasteiger partial charge >= 0.3 is 0 Å². The molecule has 3 heteroatoms. The first-order valence-electron chi connectivity index (χ1n) is 8.01. The highest BCUT2D eigenvalue weighted by molar-refractivity contribution is 5.96. The van der Waals surface area contributed by atoms with Crippen LogP contribution < -0.4 is 5.32 Å². The van der Waals surface area contributed by atoms with E-state index in [0.717, 1.165) is 30.4 Å². The maximum atomic E-state index is 12.1. The maximum absolute atomic E-state index is 12.1. The molecule has 0 radical (unpaired) electrons. The van der Waals surface area contributed by atoms with Crippen molar-refractivity contribution in [2.75, 3.05) is 5.32 Å². The van der Waals surface area contributed by atoms with Crippen molar-refractivity contribution < 1.29 is 9.90 Å². The third-order valence-electron chi connectivity index (χ3n) is 3.61. The molecule has 3 nitrogen and oxygen atoms in total. The van der Waals surface area contributed by atoms with E-state index in [1.807, 2.05) is 48.5 Å². The van der Waals surface area contributed by atoms with Crippen LogP contribution in [0.3, 0.4) is 0 Å². The van der Waals surface area contributed by atoms with Crippen LogP contribution in [0, 0.1) is 0 Å². The van der Waals surface area contributed by atoms with E-state index in [-0.39, 0.29) is 0 Å². The number of hydrogen-bond donors (Lipinski definition) is 2. The average Bonchev–Trinajstić information content (AvgIpc) is 2.60. The zero-order valence-electron chi connectivity index (χ0n) is 13.4. The minimum Gasteiger partial charge on any atom is -0.379 e. The van der Waals surface area contributed by atoms with E-state index in [2.05, 4.69) is 12.2 Å². The van der Waals surface area contributed by atoms with Crippen molar-refractivity contribution in [2.24, 2.45) is 0 Å². The smallest absolute Gasteiger partial charge is 0.257 e. The van der Waals surface area contributed by atoms with E-state index >= 15 is 0 Å². The van der Waals surface area contributed by atoms with Gasteiger partial charge in [0.05, 0.1) is 0 Å². The third kappa shape index (κ3) is 5.38. The van der Waals surface area contributed by atoms with Gasteiger partial charge in [0, 0.05) is 5.69 Å². The monoisotopic (exact) mass is 309 g/mol. The van der Waals surface area contributed by atoms with Gasteiger partial charge in [0.1, 0.15) is 0 Å². The molecule has 0 aromatic heterocycles. The van der Waals surface area contributed by atoms with Crippen LogP contribution in [0.2, 0.25) is 0 Å². The topological polar surface area (TPSA) is 49.3 Å². The molecule has 23 heavy (non-hydrogen) atoms. The summed E-state index contributed by atoms with van der Waals surface area (Å²) in [6, 6.07) is 19.0. The van der Waals surface area contributed by atoms with Gasteiger partial charge in [-0.3, -0.25) is 4.79 Å². The molecule has 0 unspecified atom stereocenters. The Kier molecular flexibility index (Phi) is 6.57. The van der Waals surface area contributed by atoms with Crippen LogP contribution in [0.15, 0.2) is 66.7 Å². The minimum atomic E-state index is -1.16. The van der Waals surface area contributed by atoms with Crippen molar-refractivity contribution in [3.8, 4) is 0 Å². The number of anilines is 1. The van der Waals surface area contributed by atoms with E-state index in [0.29, 0.717) is 5.69 Å². The highest BCUT2D eigenvalue weighted by Gasteiger charge is 2.14. The van der Waals surface area contributed by atoms with E-state index in [1.54, 1.807) is 18.2 Å². The Labute approximate surface area is 137 Å². The maximum Gasteiger partial charge on any atom is 0.257 e. The standard InChI is InChI=1S/C20H23NO2/c1-2-3-10-17(16-11-6-4-7-12-16)15-19(22)20(23)21-18-13-8-5-9-14-18/h4-9,11-15,19,22H,2-3,10H2,1H3,(H,21,23)/b17-15+/t19-/m1/s1. The Hall–Kier alpha value is -2.39. The number of aliphatic hydroxyl groups is 1. The number of allylic oxidation sites excluding steroid dienone is 1. The van der Waals surface area contributed by atoms with Gasteiger partial charge in [-0.25, -0.2) is 0 Å². The number of aliphatic hydroxyl groups excluding tert-OH is 1. The molecule has 0 fully saturated rings. The number of hydrogen-bond acceptors (Lipinski definition) is 2. The summed E-state index contributed by atoms with van der Waals surface area (Å²) < 4.78 is 0. The zero-order valence-corrected chi connectivity index (χ0v) is 13.4. The van der Waals surface area contributed by atoms with Gasteiger partial charge in [0.25, 0.3) is 5.91 Å². The second kappa shape index (κ2) is 8.91. The average molecular weight is 309 g/mol. The molecule has 2 aromatic rings. The lowest BCUT2D eigenvalue weighted by Gasteiger charge is -2.12. The molecule has 0 aliphatic heterocycles. The Balaban J connectivity index is 2.12. The number of rotatable bonds is 7. The van der Waals surface area contributed by atoms with E-state index in [4.69, 9.17) is 0 Å². The first-order chi connectivity index (χ1) is 11.2. The summed E-state index contributed by atoms with van der Waals surface area (Å²) in [6.45, 7) is 2.13. The number of unbranched alkanes of at least 4 members (excludes halogenated alkanes) is 1. The van der Waals surface area contributed by atoms with Gasteiger partial charge in [-0.15, -0.1) is 0 Å². The van der Waals surface area contributed by atoms with Gasteiger partial charge in [-0.05, 0) is 42.2 Å². The first-order valence-corrected chi connectivity index (χ1v) is 8.01. The molecule has 120 valence electrons. The van der Waals surface area contributed by atoms with E-state index in [9.17, 15) is 9.90 Å². The highest BCUT2D eigenvalue weighted by Crippen LogP contribution is 2.21. The van der Waals surface area contributed by atoms with Crippen molar-refractivity contribution in [2.45, 2.75) is 32.3 Å². The first kappa shape index (κ1) is 17.0. The van der Waals surface area contributed by atoms with Crippen LogP contribution in [0.1, 0.15) is 31.7 Å². The summed E-state index contributed by atoms with van der Waals surface area (Å²) >= 11 is 0. The number of amides is 1. The minimum absolute atomic E-state index is 0.416. The van der Waals surface area contributed by atoms with Crippen molar-refractivity contribution in [3.63, 3.8) is 0 Å². The van der Waals surface area contributed by atoms with Crippen molar-refractivity contribution in [1.82, 2.24) is 0 Å². The van der Waals surface area contributed by atoms with Crippen LogP contribution in [0.4, 0.5) is 5.69 Å². The molecule has 1 atom stereocenters. The lowest BCUT2D eigenvalue weighted by atomic mass is 9.98. The lowest BCUT2D eigenvalue weighted by Crippen LogP contribution is -2.26. The molecule has 0 bridgehead atoms. The molecule has 0 spiro atoms. The summed E-state index contributed by atoms with van der Waals surface area (Å²) in [5.41, 5.74) is 2.73. The predicted molar refractivity (Wildman–Crippen MR) is 95.0 cm³/mol. The molecule has 2 aromatic carbocycles. The fourth-order valence-electron chi connectivity index (χ4n) is 2.35. The van der Waals surface area contributed by atoms with Gasteiger partial charge in [0.15, 0.2) is 6.10 Å². The molecule has 0 saturated carbocycles. The zero-order chi connectivity index (χ0) is 16.5. The van der Waals surface area contributed by atoms with Gasteiger partial charge in [0.2, 0.25) is 0 Å². The number of carbonyl (C=O) groups is 1. The molecule has 0 aliphatic carbocycles. The number of para-hydroxylation sites is 1. The van der Waals surface area contributed by atoms with Crippen LogP contribution in [0.5, 0.6) is 0 Å². The number of nitrogens with one attached hydrogen (secondary N) is 1. The van der Waals surface area contributed by atoms with Gasteiger partial charge < -0.3 is 10.4 Å². The summed E-state index contributed by atoms with van der Waals surface area (Å²) in [4.78, 5) is 12.1. The predicted octanol–water partition coefficient (Wildman–Crippen LogP) is 4.26. The molecule has 0 aliphatic rings. The summed E-state index contributed by atoms with van der Waals surface area (Å²) in [5, 5.41) is 12.9. The molecule has 1 amide bonds. The normalized spacial score (nSPS) is 12.7.